The van der Waals surface area contributed by atoms with Gasteiger partial charge in [-0.1, -0.05) is 38.8 Å². The fourth-order valence-corrected chi connectivity index (χ4v) is 1.99. The molecule has 17 heavy (non-hydrogen) atoms. The monoisotopic (exact) mass is 255 g/mol. The van der Waals surface area contributed by atoms with Crippen molar-refractivity contribution in [1.82, 2.24) is 4.90 Å². The first-order chi connectivity index (χ1) is 8.06. The summed E-state index contributed by atoms with van der Waals surface area (Å²) in [7, 11) is 0. The number of phenolic OH excluding ortho intramolecular Hbond substituents is 1. The van der Waals surface area contributed by atoms with E-state index in [1.54, 1.807) is 12.1 Å². The molecule has 0 amide bonds. The highest BCUT2D eigenvalue weighted by Crippen LogP contribution is 2.23. The van der Waals surface area contributed by atoms with E-state index in [2.05, 4.69) is 25.7 Å². The van der Waals surface area contributed by atoms with Gasteiger partial charge in [-0.15, -0.1) is 0 Å². The number of halogens is 1. The molecule has 1 aromatic carbocycles. The van der Waals surface area contributed by atoms with Crippen LogP contribution in [0.2, 0.25) is 5.02 Å². The number of benzene rings is 1. The summed E-state index contributed by atoms with van der Waals surface area (Å²) in [5.74, 6) is 1.01. The van der Waals surface area contributed by atoms with E-state index in [4.69, 9.17) is 11.6 Å². The molecule has 96 valence electrons. The molecule has 2 nitrogen and oxygen atoms in total. The van der Waals surface area contributed by atoms with Gasteiger partial charge < -0.3 is 5.11 Å². The second-order valence-electron chi connectivity index (χ2n) is 4.61. The van der Waals surface area contributed by atoms with Gasteiger partial charge in [0.25, 0.3) is 0 Å². The van der Waals surface area contributed by atoms with Crippen molar-refractivity contribution >= 4 is 11.6 Å². The van der Waals surface area contributed by atoms with E-state index in [-0.39, 0.29) is 0 Å². The largest absolute Gasteiger partial charge is 0.508 e. The highest BCUT2D eigenvalue weighted by Gasteiger charge is 2.10. The lowest BCUT2D eigenvalue weighted by molar-refractivity contribution is 0.235. The predicted molar refractivity (Wildman–Crippen MR) is 73.5 cm³/mol. The summed E-state index contributed by atoms with van der Waals surface area (Å²) >= 11 is 5.95. The summed E-state index contributed by atoms with van der Waals surface area (Å²) in [6.07, 6.45) is 1.18. The standard InChI is InChI=1S/C14H22ClNO/c1-4-11(3)9-16(5-2)10-12-8-13(15)6-7-14(12)17/h6-8,11,17H,4-5,9-10H2,1-3H3. The zero-order valence-corrected chi connectivity index (χ0v) is 11.7. The normalized spacial score (nSPS) is 13.0. The Hall–Kier alpha value is -0.730. The van der Waals surface area contributed by atoms with Gasteiger partial charge in [-0.25, -0.2) is 0 Å². The Morgan fingerprint density at radius 1 is 1.35 bits per heavy atom. The van der Waals surface area contributed by atoms with Crippen molar-refractivity contribution in [2.45, 2.75) is 33.7 Å². The Labute approximate surface area is 109 Å². The average Bonchev–Trinajstić information content (AvgIpc) is 2.32. The summed E-state index contributed by atoms with van der Waals surface area (Å²) in [4.78, 5) is 2.33. The Morgan fingerprint density at radius 3 is 2.65 bits per heavy atom. The third kappa shape index (κ3) is 4.57. The molecule has 1 aromatic rings. The maximum absolute atomic E-state index is 9.79. The molecule has 3 heteroatoms. The molecule has 0 fully saturated rings. The van der Waals surface area contributed by atoms with Crippen LogP contribution in [0.1, 0.15) is 32.8 Å². The lowest BCUT2D eigenvalue weighted by Crippen LogP contribution is -2.27. The van der Waals surface area contributed by atoms with E-state index < -0.39 is 0 Å². The molecule has 0 saturated carbocycles. The molecule has 1 atom stereocenters. The molecule has 0 radical (unpaired) electrons. The van der Waals surface area contributed by atoms with Crippen LogP contribution >= 0.6 is 11.6 Å². The fraction of sp³-hybridized carbons (Fsp3) is 0.571. The first kappa shape index (κ1) is 14.3. The topological polar surface area (TPSA) is 23.5 Å². The van der Waals surface area contributed by atoms with Crippen molar-refractivity contribution in [2.24, 2.45) is 5.92 Å². The predicted octanol–water partition coefficient (Wildman–Crippen LogP) is 3.91. The third-order valence-corrected chi connectivity index (χ3v) is 3.38. The maximum Gasteiger partial charge on any atom is 0.120 e. The fourth-order valence-electron chi connectivity index (χ4n) is 1.80. The second kappa shape index (κ2) is 6.87. The molecule has 0 saturated heterocycles. The Morgan fingerprint density at radius 2 is 2.06 bits per heavy atom. The van der Waals surface area contributed by atoms with Gasteiger partial charge in [0.05, 0.1) is 0 Å². The summed E-state index contributed by atoms with van der Waals surface area (Å²) in [5, 5.41) is 10.5. The molecule has 1 rings (SSSR count). The van der Waals surface area contributed by atoms with E-state index in [1.807, 2.05) is 6.07 Å². The van der Waals surface area contributed by atoms with Gasteiger partial charge in [-0.3, -0.25) is 4.90 Å². The van der Waals surface area contributed by atoms with Crippen molar-refractivity contribution in [3.63, 3.8) is 0 Å². The van der Waals surface area contributed by atoms with E-state index in [0.717, 1.165) is 25.2 Å². The SMILES string of the molecule is CCC(C)CN(CC)Cc1cc(Cl)ccc1O. The molecule has 1 N–H and O–H groups in total. The Bertz CT molecular complexity index is 354. The smallest absolute Gasteiger partial charge is 0.120 e. The van der Waals surface area contributed by atoms with Gasteiger partial charge in [0.2, 0.25) is 0 Å². The number of aromatic hydroxyl groups is 1. The van der Waals surface area contributed by atoms with Crippen LogP contribution in [0.5, 0.6) is 5.75 Å². The minimum absolute atomic E-state index is 0.331. The van der Waals surface area contributed by atoms with E-state index in [9.17, 15) is 5.11 Å². The molecule has 0 bridgehead atoms. The van der Waals surface area contributed by atoms with E-state index >= 15 is 0 Å². The minimum Gasteiger partial charge on any atom is -0.508 e. The highest BCUT2D eigenvalue weighted by molar-refractivity contribution is 6.30. The lowest BCUT2D eigenvalue weighted by Gasteiger charge is -2.24. The van der Waals surface area contributed by atoms with Crippen molar-refractivity contribution in [1.29, 1.82) is 0 Å². The van der Waals surface area contributed by atoms with Crippen LogP contribution in [0.25, 0.3) is 0 Å². The van der Waals surface area contributed by atoms with Crippen molar-refractivity contribution < 1.29 is 5.11 Å². The molecule has 0 aromatic heterocycles. The first-order valence-electron chi connectivity index (χ1n) is 6.26. The summed E-state index contributed by atoms with van der Waals surface area (Å²) in [6, 6.07) is 5.22. The summed E-state index contributed by atoms with van der Waals surface area (Å²) in [6.45, 7) is 9.39. The zero-order valence-electron chi connectivity index (χ0n) is 10.9. The van der Waals surface area contributed by atoms with Gasteiger partial charge in [-0.2, -0.15) is 0 Å². The Balaban J connectivity index is 2.69. The quantitative estimate of drug-likeness (QED) is 0.833. The maximum atomic E-state index is 9.79. The molecular weight excluding hydrogens is 234 g/mol. The van der Waals surface area contributed by atoms with Gasteiger partial charge in [-0.05, 0) is 30.7 Å². The molecule has 0 spiro atoms. The molecule has 0 aliphatic heterocycles. The van der Waals surface area contributed by atoms with Crippen molar-refractivity contribution in [2.75, 3.05) is 13.1 Å². The number of hydrogen-bond acceptors (Lipinski definition) is 2. The number of phenols is 1. The van der Waals surface area contributed by atoms with Crippen molar-refractivity contribution in [3.05, 3.63) is 28.8 Å². The molecule has 0 heterocycles. The Kier molecular flexibility index (Phi) is 5.79. The third-order valence-electron chi connectivity index (χ3n) is 3.15. The number of hydrogen-bond donors (Lipinski definition) is 1. The van der Waals surface area contributed by atoms with Crippen LogP contribution in [0.4, 0.5) is 0 Å². The molecule has 0 aliphatic rings. The number of rotatable bonds is 6. The van der Waals surface area contributed by atoms with Crippen molar-refractivity contribution in [3.8, 4) is 5.75 Å². The van der Waals surface area contributed by atoms with Gasteiger partial charge in [0.15, 0.2) is 0 Å². The molecule has 1 unspecified atom stereocenters. The van der Waals surface area contributed by atoms with Crippen LogP contribution in [-0.4, -0.2) is 23.1 Å². The summed E-state index contributed by atoms with van der Waals surface area (Å²) < 4.78 is 0. The van der Waals surface area contributed by atoms with Crippen LogP contribution < -0.4 is 0 Å². The number of nitrogens with zero attached hydrogens (tertiary/aromatic N) is 1. The first-order valence-corrected chi connectivity index (χ1v) is 6.64. The molecular formula is C14H22ClNO. The van der Waals surface area contributed by atoms with Crippen LogP contribution in [0.15, 0.2) is 18.2 Å². The van der Waals surface area contributed by atoms with Gasteiger partial charge >= 0.3 is 0 Å². The summed E-state index contributed by atoms with van der Waals surface area (Å²) in [5.41, 5.74) is 0.905. The van der Waals surface area contributed by atoms with Crippen LogP contribution in [0.3, 0.4) is 0 Å². The van der Waals surface area contributed by atoms with E-state index in [1.165, 1.54) is 6.42 Å². The zero-order chi connectivity index (χ0) is 12.8. The van der Waals surface area contributed by atoms with E-state index in [0.29, 0.717) is 16.7 Å². The van der Waals surface area contributed by atoms with Crippen LogP contribution in [0, 0.1) is 5.92 Å². The van der Waals surface area contributed by atoms with Gasteiger partial charge in [0, 0.05) is 23.7 Å². The minimum atomic E-state index is 0.331. The van der Waals surface area contributed by atoms with Crippen LogP contribution in [-0.2, 0) is 6.54 Å². The highest BCUT2D eigenvalue weighted by atomic mass is 35.5. The second-order valence-corrected chi connectivity index (χ2v) is 5.05. The average molecular weight is 256 g/mol. The van der Waals surface area contributed by atoms with Gasteiger partial charge in [0.1, 0.15) is 5.75 Å². The molecule has 0 aliphatic carbocycles. The lowest BCUT2D eigenvalue weighted by atomic mass is 10.1.